The first kappa shape index (κ1) is 15.9. The molecule has 2 aromatic rings. The summed E-state index contributed by atoms with van der Waals surface area (Å²) in [7, 11) is 1.75. The normalized spacial score (nSPS) is 22.8. The molecule has 2 fully saturated rings. The number of anilines is 1. The number of nitrogens with zero attached hydrogens (tertiary/aromatic N) is 3. The summed E-state index contributed by atoms with van der Waals surface area (Å²) in [5, 5.41) is 10.7. The molecule has 1 amide bonds. The largest absolute Gasteiger partial charge is 0.481 e. The van der Waals surface area contributed by atoms with Crippen molar-refractivity contribution in [1.82, 2.24) is 9.88 Å². The van der Waals surface area contributed by atoms with Crippen molar-refractivity contribution in [2.75, 3.05) is 25.0 Å². The third kappa shape index (κ3) is 2.35. The average Bonchev–Trinajstić information content (AvgIpc) is 2.87. The Kier molecular flexibility index (Phi) is 3.63. The first-order valence-electron chi connectivity index (χ1n) is 8.61. The molecule has 1 aromatic heterocycles. The van der Waals surface area contributed by atoms with Gasteiger partial charge >= 0.3 is 5.97 Å². The molecule has 1 atom stereocenters. The topological polar surface area (TPSA) is 73.7 Å². The summed E-state index contributed by atoms with van der Waals surface area (Å²) in [5.74, 6) is -1.53. The number of aromatic nitrogens is 1. The molecule has 0 saturated carbocycles. The van der Waals surface area contributed by atoms with Gasteiger partial charge in [0.15, 0.2) is 0 Å². The molecule has 130 valence electrons. The van der Waals surface area contributed by atoms with Crippen LogP contribution in [0.4, 0.5) is 5.69 Å². The van der Waals surface area contributed by atoms with Crippen molar-refractivity contribution in [3.05, 3.63) is 36.5 Å². The summed E-state index contributed by atoms with van der Waals surface area (Å²) >= 11 is 0. The number of likely N-dealkylation sites (tertiary alicyclic amines) is 1. The minimum absolute atomic E-state index is 0.0600. The maximum absolute atomic E-state index is 12.1. The molecule has 2 aliphatic heterocycles. The van der Waals surface area contributed by atoms with Gasteiger partial charge < -0.3 is 14.9 Å². The lowest BCUT2D eigenvalue weighted by Gasteiger charge is -2.46. The number of pyridine rings is 1. The zero-order valence-corrected chi connectivity index (χ0v) is 14.2. The van der Waals surface area contributed by atoms with Crippen LogP contribution < -0.4 is 4.90 Å². The molecule has 2 saturated heterocycles. The molecule has 0 bridgehead atoms. The number of aliphatic carboxylic acids is 1. The van der Waals surface area contributed by atoms with Crippen LogP contribution in [0.5, 0.6) is 0 Å². The molecule has 2 aliphatic rings. The van der Waals surface area contributed by atoms with Gasteiger partial charge in [-0.3, -0.25) is 14.6 Å². The Bertz CT molecular complexity index is 837. The van der Waals surface area contributed by atoms with Crippen molar-refractivity contribution in [3.63, 3.8) is 0 Å². The van der Waals surface area contributed by atoms with E-state index in [9.17, 15) is 14.7 Å². The first-order chi connectivity index (χ1) is 12.0. The number of amides is 1. The first-order valence-corrected chi connectivity index (χ1v) is 8.61. The van der Waals surface area contributed by atoms with Gasteiger partial charge in [-0.1, -0.05) is 18.2 Å². The number of carbonyl (C=O) groups excluding carboxylic acids is 1. The molecular weight excluding hydrogens is 318 g/mol. The summed E-state index contributed by atoms with van der Waals surface area (Å²) in [6.07, 6.45) is 3.27. The van der Waals surface area contributed by atoms with Crippen LogP contribution in [0, 0.1) is 5.92 Å². The van der Waals surface area contributed by atoms with E-state index in [1.807, 2.05) is 30.5 Å². The van der Waals surface area contributed by atoms with E-state index in [4.69, 9.17) is 0 Å². The second-order valence-electron chi connectivity index (χ2n) is 6.99. The van der Waals surface area contributed by atoms with Crippen molar-refractivity contribution in [2.24, 2.45) is 5.92 Å². The zero-order valence-electron chi connectivity index (χ0n) is 14.2. The molecule has 1 spiro atoms. The van der Waals surface area contributed by atoms with Gasteiger partial charge in [0, 0.05) is 43.8 Å². The Morgan fingerprint density at radius 2 is 1.96 bits per heavy atom. The van der Waals surface area contributed by atoms with E-state index in [0.717, 1.165) is 29.7 Å². The van der Waals surface area contributed by atoms with Gasteiger partial charge in [-0.2, -0.15) is 0 Å². The standard InChI is InChI=1S/C19H21N3O3/c1-21-17(23)12-14(18(24)25)19(21)7-10-22(11-8-19)16-6-9-20-15-5-3-2-4-13(15)16/h2-6,9,14H,7-8,10-12H2,1H3,(H,24,25)/t14-/m1/s1. The third-order valence-corrected chi connectivity index (χ3v) is 5.96. The van der Waals surface area contributed by atoms with Gasteiger partial charge in [0.05, 0.1) is 17.0 Å². The van der Waals surface area contributed by atoms with E-state index in [-0.39, 0.29) is 12.3 Å². The van der Waals surface area contributed by atoms with E-state index >= 15 is 0 Å². The molecule has 0 aliphatic carbocycles. The van der Waals surface area contributed by atoms with E-state index in [2.05, 4.69) is 16.0 Å². The summed E-state index contributed by atoms with van der Waals surface area (Å²) in [6.45, 7) is 1.46. The Hall–Kier alpha value is -2.63. The molecular formula is C19H21N3O3. The van der Waals surface area contributed by atoms with E-state index in [1.165, 1.54) is 0 Å². The predicted molar refractivity (Wildman–Crippen MR) is 94.4 cm³/mol. The van der Waals surface area contributed by atoms with Crippen molar-refractivity contribution >= 4 is 28.5 Å². The third-order valence-electron chi connectivity index (χ3n) is 5.96. The molecule has 3 heterocycles. The smallest absolute Gasteiger partial charge is 0.309 e. The zero-order chi connectivity index (χ0) is 17.6. The maximum Gasteiger partial charge on any atom is 0.309 e. The highest BCUT2D eigenvalue weighted by atomic mass is 16.4. The summed E-state index contributed by atoms with van der Waals surface area (Å²) < 4.78 is 0. The summed E-state index contributed by atoms with van der Waals surface area (Å²) in [6, 6.07) is 10.0. The molecule has 1 N–H and O–H groups in total. The number of carboxylic acids is 1. The molecule has 0 radical (unpaired) electrons. The minimum Gasteiger partial charge on any atom is -0.481 e. The average molecular weight is 339 g/mol. The number of carbonyl (C=O) groups is 2. The number of piperidine rings is 1. The number of hydrogen-bond donors (Lipinski definition) is 1. The lowest BCUT2D eigenvalue weighted by atomic mass is 9.77. The van der Waals surface area contributed by atoms with Crippen molar-refractivity contribution in [3.8, 4) is 0 Å². The fraction of sp³-hybridized carbons (Fsp3) is 0.421. The second kappa shape index (κ2) is 5.72. The van der Waals surface area contributed by atoms with Crippen molar-refractivity contribution in [1.29, 1.82) is 0 Å². The number of fused-ring (bicyclic) bond motifs is 1. The summed E-state index contributed by atoms with van der Waals surface area (Å²) in [4.78, 5) is 32.2. The number of carboxylic acid groups (broad SMARTS) is 1. The second-order valence-corrected chi connectivity index (χ2v) is 6.99. The molecule has 6 nitrogen and oxygen atoms in total. The molecule has 25 heavy (non-hydrogen) atoms. The lowest BCUT2D eigenvalue weighted by molar-refractivity contribution is -0.145. The number of rotatable bonds is 2. The van der Waals surface area contributed by atoms with Crippen LogP contribution in [0.25, 0.3) is 10.9 Å². The van der Waals surface area contributed by atoms with Crippen LogP contribution in [0.2, 0.25) is 0 Å². The van der Waals surface area contributed by atoms with E-state index < -0.39 is 17.4 Å². The monoisotopic (exact) mass is 339 g/mol. The van der Waals surface area contributed by atoms with Crippen molar-refractivity contribution < 1.29 is 14.7 Å². The fourth-order valence-electron chi connectivity index (χ4n) is 4.48. The van der Waals surface area contributed by atoms with Gasteiger partial charge in [-0.15, -0.1) is 0 Å². The van der Waals surface area contributed by atoms with Gasteiger partial charge in [0.2, 0.25) is 5.91 Å². The highest BCUT2D eigenvalue weighted by Crippen LogP contribution is 2.44. The number of hydrogen-bond acceptors (Lipinski definition) is 4. The fourth-order valence-corrected chi connectivity index (χ4v) is 4.48. The molecule has 0 unspecified atom stereocenters. The Morgan fingerprint density at radius 3 is 2.68 bits per heavy atom. The van der Waals surface area contributed by atoms with Crippen LogP contribution in [-0.4, -0.2) is 52.5 Å². The number of para-hydroxylation sites is 1. The highest BCUT2D eigenvalue weighted by molar-refractivity contribution is 5.92. The van der Waals surface area contributed by atoms with Gasteiger partial charge in [-0.05, 0) is 25.0 Å². The SMILES string of the molecule is CN1C(=O)C[C@H](C(=O)O)C12CCN(c1ccnc3ccccc13)CC2. The van der Waals surface area contributed by atoms with E-state index in [0.29, 0.717) is 12.8 Å². The minimum atomic E-state index is -0.861. The Morgan fingerprint density at radius 1 is 1.24 bits per heavy atom. The van der Waals surface area contributed by atoms with Crippen LogP contribution in [0.15, 0.2) is 36.5 Å². The number of benzene rings is 1. The van der Waals surface area contributed by atoms with Gasteiger partial charge in [-0.25, -0.2) is 0 Å². The summed E-state index contributed by atoms with van der Waals surface area (Å²) in [5.41, 5.74) is 1.53. The molecule has 4 rings (SSSR count). The van der Waals surface area contributed by atoms with Crippen LogP contribution in [-0.2, 0) is 9.59 Å². The Labute approximate surface area is 146 Å². The quantitative estimate of drug-likeness (QED) is 0.907. The van der Waals surface area contributed by atoms with Crippen LogP contribution >= 0.6 is 0 Å². The predicted octanol–water partition coefficient (Wildman–Crippen LogP) is 2.14. The van der Waals surface area contributed by atoms with Crippen molar-refractivity contribution in [2.45, 2.75) is 24.8 Å². The highest BCUT2D eigenvalue weighted by Gasteiger charge is 2.55. The van der Waals surface area contributed by atoms with Gasteiger partial charge in [0.25, 0.3) is 0 Å². The van der Waals surface area contributed by atoms with Crippen LogP contribution in [0.3, 0.4) is 0 Å². The van der Waals surface area contributed by atoms with Gasteiger partial charge in [0.1, 0.15) is 0 Å². The maximum atomic E-state index is 12.1. The van der Waals surface area contributed by atoms with Crippen LogP contribution in [0.1, 0.15) is 19.3 Å². The Balaban J connectivity index is 1.63. The van der Waals surface area contributed by atoms with E-state index in [1.54, 1.807) is 11.9 Å². The molecule has 6 heteroatoms. The molecule has 1 aromatic carbocycles. The lowest BCUT2D eigenvalue weighted by Crippen LogP contribution is -2.56.